The van der Waals surface area contributed by atoms with Crippen molar-refractivity contribution in [3.63, 3.8) is 0 Å². The molecule has 0 saturated carbocycles. The summed E-state index contributed by atoms with van der Waals surface area (Å²) < 4.78 is 0. The highest BCUT2D eigenvalue weighted by atomic mass is 16.3. The van der Waals surface area contributed by atoms with Gasteiger partial charge >= 0.3 is 0 Å². The number of hydrogen-bond donors (Lipinski definition) is 3. The lowest BCUT2D eigenvalue weighted by molar-refractivity contribution is 0.0452. The largest absolute Gasteiger partial charge is 0.390 e. The number of amides is 3. The van der Waals surface area contributed by atoms with Crippen LogP contribution in [0.3, 0.4) is 0 Å². The zero-order chi connectivity index (χ0) is 32.6. The number of benzene rings is 3. The van der Waals surface area contributed by atoms with Gasteiger partial charge in [0.15, 0.2) is 0 Å². The van der Waals surface area contributed by atoms with E-state index in [1.165, 1.54) is 0 Å². The molecule has 2 atom stereocenters. The Kier molecular flexibility index (Phi) is 14.3. The van der Waals surface area contributed by atoms with Crippen LogP contribution >= 0.6 is 0 Å². The molecule has 3 aromatic carbocycles. The second-order valence-corrected chi connectivity index (χ2v) is 11.1. The molecule has 45 heavy (non-hydrogen) atoms. The number of rotatable bonds is 16. The fraction of sp³-hybridized carbons (Fsp3) is 0.378. The van der Waals surface area contributed by atoms with Crippen LogP contribution in [0.25, 0.3) is 0 Å². The van der Waals surface area contributed by atoms with Crippen molar-refractivity contribution < 1.29 is 19.5 Å². The van der Waals surface area contributed by atoms with E-state index < -0.39 is 18.1 Å². The molecule has 8 nitrogen and oxygen atoms in total. The Hall–Kier alpha value is -4.45. The molecule has 0 heterocycles. The van der Waals surface area contributed by atoms with E-state index in [0.29, 0.717) is 48.3 Å². The van der Waals surface area contributed by atoms with E-state index in [1.54, 1.807) is 59.3 Å². The van der Waals surface area contributed by atoms with Crippen LogP contribution in [-0.4, -0.2) is 71.1 Å². The second-order valence-electron chi connectivity index (χ2n) is 11.1. The van der Waals surface area contributed by atoms with Crippen molar-refractivity contribution in [3.8, 4) is 11.8 Å². The molecule has 3 amide bonds. The highest BCUT2D eigenvalue weighted by Gasteiger charge is 2.26. The van der Waals surface area contributed by atoms with Gasteiger partial charge in [0.2, 0.25) is 0 Å². The molecule has 0 fully saturated rings. The van der Waals surface area contributed by atoms with Crippen LogP contribution in [0.4, 0.5) is 0 Å². The molecule has 3 N–H and O–H groups in total. The summed E-state index contributed by atoms with van der Waals surface area (Å²) in [5.74, 6) is 5.02. The quantitative estimate of drug-likeness (QED) is 0.155. The molecule has 3 rings (SSSR count). The average Bonchev–Trinajstić information content (AvgIpc) is 3.05. The standard InChI is InChI=1S/C37H46N4O4/c1-5-15-29-23-31(26-32(24-29)37(45)40(20-6-2)21-7-3)35(43)38-33(25-28-16-11-9-12-17-28)34(42)27-41(22-8-4)39-36(44)30-18-13-10-14-19-30/h9-14,16-19,23-24,26,33-34,42H,6-8,20-22,25,27H2,1-4H3,(H,38,43)(H,39,44). The first-order valence-electron chi connectivity index (χ1n) is 15.8. The Balaban J connectivity index is 1.88. The molecule has 0 aliphatic heterocycles. The van der Waals surface area contributed by atoms with Crippen LogP contribution in [0, 0.1) is 11.8 Å². The van der Waals surface area contributed by atoms with Crippen molar-refractivity contribution in [2.45, 2.75) is 65.5 Å². The van der Waals surface area contributed by atoms with Gasteiger partial charge in [-0.1, -0.05) is 75.2 Å². The second kappa shape index (κ2) is 18.4. The van der Waals surface area contributed by atoms with E-state index in [1.807, 2.05) is 57.2 Å². The van der Waals surface area contributed by atoms with Crippen LogP contribution in [0.15, 0.2) is 78.9 Å². The predicted molar refractivity (Wildman–Crippen MR) is 179 cm³/mol. The number of aliphatic hydroxyl groups is 1. The third-order valence-electron chi connectivity index (χ3n) is 7.26. The van der Waals surface area contributed by atoms with Crippen molar-refractivity contribution in [1.29, 1.82) is 0 Å². The van der Waals surface area contributed by atoms with Crippen LogP contribution < -0.4 is 10.7 Å². The van der Waals surface area contributed by atoms with Crippen LogP contribution in [0.2, 0.25) is 0 Å². The fourth-order valence-electron chi connectivity index (χ4n) is 5.15. The summed E-state index contributed by atoms with van der Waals surface area (Å²) in [6, 6.07) is 22.8. The normalized spacial score (nSPS) is 12.0. The highest BCUT2D eigenvalue weighted by molar-refractivity contribution is 6.00. The van der Waals surface area contributed by atoms with E-state index in [0.717, 1.165) is 24.8 Å². The molecule has 238 valence electrons. The monoisotopic (exact) mass is 610 g/mol. The lowest BCUT2D eigenvalue weighted by Crippen LogP contribution is -2.53. The van der Waals surface area contributed by atoms with Gasteiger partial charge in [-0.2, -0.15) is 0 Å². The van der Waals surface area contributed by atoms with Crippen LogP contribution in [-0.2, 0) is 6.42 Å². The maximum atomic E-state index is 13.8. The van der Waals surface area contributed by atoms with Crippen molar-refractivity contribution >= 4 is 17.7 Å². The number of aliphatic hydroxyl groups excluding tert-OH is 1. The minimum absolute atomic E-state index is 0.0955. The average molecular weight is 611 g/mol. The van der Waals surface area contributed by atoms with Gasteiger partial charge < -0.3 is 15.3 Å². The van der Waals surface area contributed by atoms with E-state index >= 15 is 0 Å². The molecular weight excluding hydrogens is 564 g/mol. The number of carbonyl (C=O) groups excluding carboxylic acids is 3. The van der Waals surface area contributed by atoms with Crippen molar-refractivity contribution in [1.82, 2.24) is 20.7 Å². The summed E-state index contributed by atoms with van der Waals surface area (Å²) in [5.41, 5.74) is 5.62. The van der Waals surface area contributed by atoms with Gasteiger partial charge in [0, 0.05) is 48.4 Å². The summed E-state index contributed by atoms with van der Waals surface area (Å²) in [6.45, 7) is 9.61. The van der Waals surface area contributed by atoms with Gasteiger partial charge in [-0.3, -0.25) is 19.8 Å². The fourth-order valence-corrected chi connectivity index (χ4v) is 5.15. The molecule has 8 heteroatoms. The summed E-state index contributed by atoms with van der Waals surface area (Å²) in [5, 5.41) is 16.2. The minimum Gasteiger partial charge on any atom is -0.390 e. The molecule has 0 aromatic heterocycles. The van der Waals surface area contributed by atoms with Gasteiger partial charge in [0.25, 0.3) is 17.7 Å². The molecule has 3 aromatic rings. The maximum absolute atomic E-state index is 13.8. The van der Waals surface area contributed by atoms with E-state index in [-0.39, 0.29) is 18.4 Å². The Labute approximate surface area is 267 Å². The number of nitrogens with one attached hydrogen (secondary N) is 2. The van der Waals surface area contributed by atoms with Gasteiger partial charge in [0.1, 0.15) is 0 Å². The number of nitrogens with zero attached hydrogens (tertiary/aromatic N) is 2. The van der Waals surface area contributed by atoms with E-state index in [9.17, 15) is 19.5 Å². The zero-order valence-electron chi connectivity index (χ0n) is 26.9. The molecule has 0 aliphatic carbocycles. The third-order valence-corrected chi connectivity index (χ3v) is 7.26. The number of hydrazine groups is 1. The molecule has 0 spiro atoms. The molecule has 2 unspecified atom stereocenters. The zero-order valence-corrected chi connectivity index (χ0v) is 26.9. The SMILES string of the molecule is CC#Cc1cc(C(=O)NC(Cc2ccccc2)C(O)CN(CCC)NC(=O)c2ccccc2)cc(C(=O)N(CCC)CCC)c1. The summed E-state index contributed by atoms with van der Waals surface area (Å²) >= 11 is 0. The maximum Gasteiger partial charge on any atom is 0.265 e. The number of hydrogen-bond acceptors (Lipinski definition) is 5. The first-order chi connectivity index (χ1) is 21.8. The molecule has 0 aliphatic rings. The van der Waals surface area contributed by atoms with Crippen molar-refractivity contribution in [2.75, 3.05) is 26.2 Å². The topological polar surface area (TPSA) is 102 Å². The molecule has 0 radical (unpaired) electrons. The van der Waals surface area contributed by atoms with Crippen molar-refractivity contribution in [2.24, 2.45) is 0 Å². The van der Waals surface area contributed by atoms with E-state index in [2.05, 4.69) is 22.6 Å². The third kappa shape index (κ3) is 10.9. The first kappa shape index (κ1) is 35.0. The summed E-state index contributed by atoms with van der Waals surface area (Å²) in [6.07, 6.45) is 1.73. The highest BCUT2D eigenvalue weighted by Crippen LogP contribution is 2.16. The minimum atomic E-state index is -1.03. The van der Waals surface area contributed by atoms with E-state index in [4.69, 9.17) is 0 Å². The van der Waals surface area contributed by atoms with Crippen molar-refractivity contribution in [3.05, 3.63) is 107 Å². The van der Waals surface area contributed by atoms with Crippen LogP contribution in [0.1, 0.15) is 89.2 Å². The Morgan fingerprint density at radius 2 is 1.38 bits per heavy atom. The lowest BCUT2D eigenvalue weighted by Gasteiger charge is -2.30. The van der Waals surface area contributed by atoms with Crippen LogP contribution in [0.5, 0.6) is 0 Å². The van der Waals surface area contributed by atoms with Gasteiger partial charge in [0.05, 0.1) is 12.1 Å². The predicted octanol–water partition coefficient (Wildman–Crippen LogP) is 5.08. The van der Waals surface area contributed by atoms with Gasteiger partial charge in [-0.25, -0.2) is 5.01 Å². The Morgan fingerprint density at radius 1 is 0.778 bits per heavy atom. The first-order valence-corrected chi connectivity index (χ1v) is 15.8. The van der Waals surface area contributed by atoms with Gasteiger partial charge in [-0.05, 0) is 68.5 Å². The molecule has 0 bridgehead atoms. The Bertz CT molecular complexity index is 1440. The summed E-state index contributed by atoms with van der Waals surface area (Å²) in [7, 11) is 0. The lowest BCUT2D eigenvalue weighted by atomic mass is 9.99. The summed E-state index contributed by atoms with van der Waals surface area (Å²) in [4.78, 5) is 42.0. The molecular formula is C37H46N4O4. The Morgan fingerprint density at radius 3 is 1.98 bits per heavy atom. The molecule has 0 saturated heterocycles. The smallest absolute Gasteiger partial charge is 0.265 e. The van der Waals surface area contributed by atoms with Gasteiger partial charge in [-0.15, -0.1) is 5.92 Å². The number of carbonyl (C=O) groups is 3.